The summed E-state index contributed by atoms with van der Waals surface area (Å²) in [7, 11) is 0. The SMILES string of the molecule is CCOc1ccc(C2C(C(=O)OCc3ccccc3)=C(C)Nc3nc(SCc4ccccc4Cl)nn32)cc1. The van der Waals surface area contributed by atoms with Crippen LogP contribution in [-0.4, -0.2) is 27.3 Å². The van der Waals surface area contributed by atoms with Gasteiger partial charge in [0.05, 0.1) is 12.2 Å². The molecule has 1 unspecified atom stereocenters. The topological polar surface area (TPSA) is 78.3 Å². The number of rotatable bonds is 9. The number of nitrogens with zero attached hydrogens (tertiary/aromatic N) is 3. The number of nitrogens with one attached hydrogen (secondary N) is 1. The van der Waals surface area contributed by atoms with E-state index in [4.69, 9.17) is 31.2 Å². The van der Waals surface area contributed by atoms with E-state index in [-0.39, 0.29) is 6.61 Å². The van der Waals surface area contributed by atoms with E-state index in [2.05, 4.69) is 5.32 Å². The molecule has 1 aromatic heterocycles. The zero-order chi connectivity index (χ0) is 26.5. The maximum Gasteiger partial charge on any atom is 0.338 e. The third kappa shape index (κ3) is 5.71. The lowest BCUT2D eigenvalue weighted by atomic mass is 9.95. The minimum absolute atomic E-state index is 0.176. The van der Waals surface area contributed by atoms with Gasteiger partial charge in [-0.2, -0.15) is 4.98 Å². The summed E-state index contributed by atoms with van der Waals surface area (Å²) < 4.78 is 13.1. The van der Waals surface area contributed by atoms with Crippen molar-refractivity contribution in [3.63, 3.8) is 0 Å². The fourth-order valence-corrected chi connectivity index (χ4v) is 5.35. The maximum absolute atomic E-state index is 13.5. The van der Waals surface area contributed by atoms with E-state index >= 15 is 0 Å². The summed E-state index contributed by atoms with van der Waals surface area (Å²) in [4.78, 5) is 18.2. The fraction of sp³-hybridized carbons (Fsp3) is 0.207. The Balaban J connectivity index is 1.45. The molecule has 1 aliphatic rings. The molecule has 9 heteroatoms. The highest BCUT2D eigenvalue weighted by Gasteiger charge is 2.35. The molecular weight excluding hydrogens is 520 g/mol. The molecule has 194 valence electrons. The zero-order valence-corrected chi connectivity index (χ0v) is 22.6. The van der Waals surface area contributed by atoms with Gasteiger partial charge in [-0.05, 0) is 48.7 Å². The summed E-state index contributed by atoms with van der Waals surface area (Å²) in [6, 6.07) is 24.5. The minimum atomic E-state index is -0.521. The molecule has 5 rings (SSSR count). The summed E-state index contributed by atoms with van der Waals surface area (Å²) in [6.45, 7) is 4.55. The van der Waals surface area contributed by atoms with Crippen LogP contribution in [0.1, 0.15) is 36.6 Å². The van der Waals surface area contributed by atoms with Crippen LogP contribution in [0.5, 0.6) is 5.75 Å². The largest absolute Gasteiger partial charge is 0.494 e. The number of aromatic nitrogens is 3. The molecule has 0 aliphatic carbocycles. The first-order chi connectivity index (χ1) is 18.5. The van der Waals surface area contributed by atoms with Crippen molar-refractivity contribution >= 4 is 35.3 Å². The van der Waals surface area contributed by atoms with E-state index in [9.17, 15) is 4.79 Å². The summed E-state index contributed by atoms with van der Waals surface area (Å²) >= 11 is 7.82. The number of anilines is 1. The third-order valence-corrected chi connectivity index (χ3v) is 7.34. The predicted octanol–water partition coefficient (Wildman–Crippen LogP) is 6.65. The van der Waals surface area contributed by atoms with E-state index in [1.165, 1.54) is 11.8 Å². The number of halogens is 1. The maximum atomic E-state index is 13.5. The van der Waals surface area contributed by atoms with Crippen molar-refractivity contribution in [1.82, 2.24) is 14.8 Å². The van der Waals surface area contributed by atoms with Crippen LogP contribution >= 0.6 is 23.4 Å². The minimum Gasteiger partial charge on any atom is -0.494 e. The Hall–Kier alpha value is -3.75. The lowest BCUT2D eigenvalue weighted by Gasteiger charge is -2.28. The second-order valence-corrected chi connectivity index (χ2v) is 10.0. The van der Waals surface area contributed by atoms with Gasteiger partial charge in [-0.1, -0.05) is 84.0 Å². The molecule has 0 saturated heterocycles. The Kier molecular flexibility index (Phi) is 8.00. The van der Waals surface area contributed by atoms with E-state index in [1.54, 1.807) is 4.68 Å². The van der Waals surface area contributed by atoms with Gasteiger partial charge < -0.3 is 14.8 Å². The second-order valence-electron chi connectivity index (χ2n) is 8.67. The molecule has 2 heterocycles. The van der Waals surface area contributed by atoms with Crippen LogP contribution in [0, 0.1) is 0 Å². The van der Waals surface area contributed by atoms with Crippen LogP contribution in [0.3, 0.4) is 0 Å². The van der Waals surface area contributed by atoms with E-state index in [0.717, 1.165) is 22.4 Å². The Bertz CT molecular complexity index is 1450. The highest BCUT2D eigenvalue weighted by atomic mass is 35.5. The van der Waals surface area contributed by atoms with Crippen LogP contribution in [-0.2, 0) is 21.9 Å². The first kappa shape index (κ1) is 25.9. The molecule has 1 atom stereocenters. The van der Waals surface area contributed by atoms with Crippen LogP contribution in [0.4, 0.5) is 5.95 Å². The van der Waals surface area contributed by atoms with Crippen molar-refractivity contribution in [2.45, 2.75) is 37.4 Å². The van der Waals surface area contributed by atoms with Crippen molar-refractivity contribution in [2.24, 2.45) is 0 Å². The number of ether oxygens (including phenoxy) is 2. The molecule has 4 aromatic rings. The molecule has 3 aromatic carbocycles. The molecule has 38 heavy (non-hydrogen) atoms. The van der Waals surface area contributed by atoms with Crippen molar-refractivity contribution < 1.29 is 14.3 Å². The molecule has 1 aliphatic heterocycles. The van der Waals surface area contributed by atoms with Gasteiger partial charge in [-0.15, -0.1) is 5.10 Å². The van der Waals surface area contributed by atoms with Crippen molar-refractivity contribution in [3.05, 3.63) is 112 Å². The van der Waals surface area contributed by atoms with E-state index in [1.807, 2.05) is 92.7 Å². The van der Waals surface area contributed by atoms with Gasteiger partial charge in [0.1, 0.15) is 18.4 Å². The average Bonchev–Trinajstić information content (AvgIpc) is 3.34. The number of hydrogen-bond donors (Lipinski definition) is 1. The average molecular weight is 547 g/mol. The van der Waals surface area contributed by atoms with Gasteiger partial charge in [0.2, 0.25) is 11.1 Å². The van der Waals surface area contributed by atoms with Crippen molar-refractivity contribution in [3.8, 4) is 5.75 Å². The number of esters is 1. The molecule has 0 spiro atoms. The number of thioether (sulfide) groups is 1. The number of carbonyl (C=O) groups excluding carboxylic acids is 1. The Morgan fingerprint density at radius 3 is 2.53 bits per heavy atom. The zero-order valence-electron chi connectivity index (χ0n) is 21.1. The molecule has 7 nitrogen and oxygen atoms in total. The van der Waals surface area contributed by atoms with E-state index < -0.39 is 12.0 Å². The van der Waals surface area contributed by atoms with Gasteiger partial charge in [-0.25, -0.2) is 9.48 Å². The Morgan fingerprint density at radius 2 is 1.79 bits per heavy atom. The highest BCUT2D eigenvalue weighted by Crippen LogP contribution is 2.38. The van der Waals surface area contributed by atoms with Gasteiger partial charge in [0.25, 0.3) is 0 Å². The Morgan fingerprint density at radius 1 is 1.05 bits per heavy atom. The predicted molar refractivity (Wildman–Crippen MR) is 149 cm³/mol. The van der Waals surface area contributed by atoms with E-state index in [0.29, 0.717) is 39.8 Å². The highest BCUT2D eigenvalue weighted by molar-refractivity contribution is 7.98. The smallest absolute Gasteiger partial charge is 0.338 e. The first-order valence-corrected chi connectivity index (χ1v) is 13.6. The summed E-state index contributed by atoms with van der Waals surface area (Å²) in [6.07, 6.45) is 0. The first-order valence-electron chi connectivity index (χ1n) is 12.3. The van der Waals surface area contributed by atoms with Gasteiger partial charge in [0, 0.05) is 16.5 Å². The van der Waals surface area contributed by atoms with Crippen LogP contribution in [0.2, 0.25) is 5.02 Å². The van der Waals surface area contributed by atoms with Gasteiger partial charge >= 0.3 is 5.97 Å². The molecule has 1 N–H and O–H groups in total. The van der Waals surface area contributed by atoms with Crippen LogP contribution < -0.4 is 10.1 Å². The number of carbonyl (C=O) groups is 1. The van der Waals surface area contributed by atoms with Crippen molar-refractivity contribution in [1.29, 1.82) is 0 Å². The third-order valence-electron chi connectivity index (χ3n) is 6.09. The molecule has 0 bridgehead atoms. The van der Waals surface area contributed by atoms with Gasteiger partial charge in [0.15, 0.2) is 0 Å². The summed E-state index contributed by atoms with van der Waals surface area (Å²) in [5.74, 6) is 1.52. The number of allylic oxidation sites excluding steroid dienone is 1. The normalized spacial score (nSPS) is 14.6. The van der Waals surface area contributed by atoms with Crippen molar-refractivity contribution in [2.75, 3.05) is 11.9 Å². The Labute approximate surface area is 230 Å². The quantitative estimate of drug-likeness (QED) is 0.186. The number of benzene rings is 3. The fourth-order valence-electron chi connectivity index (χ4n) is 4.24. The molecule has 0 radical (unpaired) electrons. The molecule has 0 saturated carbocycles. The lowest BCUT2D eigenvalue weighted by Crippen LogP contribution is -2.29. The monoisotopic (exact) mass is 546 g/mol. The molecular formula is C29H27ClN4O3S. The number of hydrogen-bond acceptors (Lipinski definition) is 7. The molecule has 0 amide bonds. The molecule has 0 fully saturated rings. The standard InChI is InChI=1S/C29H27ClN4O3S/c1-3-36-23-15-13-21(14-16-23)26-25(27(35)37-17-20-9-5-4-6-10-20)19(2)31-28-32-29(33-34(26)28)38-18-22-11-7-8-12-24(22)30/h4-16,26H,3,17-18H2,1-2H3,(H,31,32,33). The summed E-state index contributed by atoms with van der Waals surface area (Å²) in [5.41, 5.74) is 3.94. The lowest BCUT2D eigenvalue weighted by molar-refractivity contribution is -0.140. The van der Waals surface area contributed by atoms with Gasteiger partial charge in [-0.3, -0.25) is 0 Å². The number of fused-ring (bicyclic) bond motifs is 1. The summed E-state index contributed by atoms with van der Waals surface area (Å²) in [5, 5.41) is 9.32. The second kappa shape index (κ2) is 11.8. The van der Waals surface area contributed by atoms with Crippen LogP contribution in [0.15, 0.2) is 95.3 Å². The van der Waals surface area contributed by atoms with Crippen LogP contribution in [0.25, 0.3) is 0 Å².